The van der Waals surface area contributed by atoms with Crippen LogP contribution in [0.2, 0.25) is 0 Å². The molecule has 3 aromatic rings. The fraction of sp³-hybridized carbons (Fsp3) is 0.273. The molecule has 5 heteroatoms. The van der Waals surface area contributed by atoms with Crippen molar-refractivity contribution in [1.29, 1.82) is 0 Å². The van der Waals surface area contributed by atoms with Crippen molar-refractivity contribution in [2.24, 2.45) is 0 Å². The first-order valence-corrected chi connectivity index (χ1v) is 9.94. The third kappa shape index (κ3) is 4.74. The van der Waals surface area contributed by atoms with Crippen LogP contribution >= 0.6 is 11.3 Å². The smallest absolute Gasteiger partial charge is 0.264 e. The lowest BCUT2D eigenvalue weighted by Gasteiger charge is -2.09. The largest absolute Gasteiger partial charge is 0.483 e. The number of anilines is 1. The number of hydrogen-bond donors (Lipinski definition) is 1. The SMILES string of the molecule is C=CCc1ccccc1OCC(=O)Nc1nc2ccc(C(C)CC)cc2s1. The number of aromatic nitrogens is 1. The number of fused-ring (bicyclic) bond motifs is 1. The number of rotatable bonds is 8. The van der Waals surface area contributed by atoms with Crippen LogP contribution in [0.15, 0.2) is 55.1 Å². The summed E-state index contributed by atoms with van der Waals surface area (Å²) >= 11 is 1.49. The summed E-state index contributed by atoms with van der Waals surface area (Å²) < 4.78 is 6.76. The maximum atomic E-state index is 12.3. The quantitative estimate of drug-likeness (QED) is 0.521. The molecule has 0 aliphatic heterocycles. The fourth-order valence-electron chi connectivity index (χ4n) is 2.80. The van der Waals surface area contributed by atoms with Gasteiger partial charge in [-0.2, -0.15) is 0 Å². The molecule has 0 aliphatic rings. The normalized spacial score (nSPS) is 11.9. The van der Waals surface area contributed by atoms with Crippen molar-refractivity contribution in [3.8, 4) is 5.75 Å². The van der Waals surface area contributed by atoms with E-state index in [4.69, 9.17) is 4.74 Å². The lowest BCUT2D eigenvalue weighted by molar-refractivity contribution is -0.118. The standard InChI is InChI=1S/C22H24N2O2S/c1-4-8-16-9-6-7-10-19(16)26-14-21(25)24-22-23-18-12-11-17(15(3)5-2)13-20(18)27-22/h4,6-7,9-13,15H,1,5,8,14H2,2-3H3,(H,23,24,25). The summed E-state index contributed by atoms with van der Waals surface area (Å²) in [4.78, 5) is 16.8. The second kappa shape index (κ2) is 8.82. The third-order valence-electron chi connectivity index (χ3n) is 4.54. The Labute approximate surface area is 163 Å². The molecule has 0 saturated heterocycles. The van der Waals surface area contributed by atoms with Gasteiger partial charge in [0.15, 0.2) is 11.7 Å². The van der Waals surface area contributed by atoms with Crippen LogP contribution in [0.4, 0.5) is 5.13 Å². The van der Waals surface area contributed by atoms with Gasteiger partial charge >= 0.3 is 0 Å². The molecule has 1 N–H and O–H groups in total. The summed E-state index contributed by atoms with van der Waals surface area (Å²) in [6.45, 7) is 8.09. The van der Waals surface area contributed by atoms with Crippen molar-refractivity contribution in [2.75, 3.05) is 11.9 Å². The Kier molecular flexibility index (Phi) is 6.24. The summed E-state index contributed by atoms with van der Waals surface area (Å²) in [5, 5.41) is 3.44. The summed E-state index contributed by atoms with van der Waals surface area (Å²) in [6.07, 6.45) is 3.61. The summed E-state index contributed by atoms with van der Waals surface area (Å²) in [5.74, 6) is 0.998. The minimum Gasteiger partial charge on any atom is -0.483 e. The van der Waals surface area contributed by atoms with Gasteiger partial charge in [0.2, 0.25) is 0 Å². The zero-order valence-electron chi connectivity index (χ0n) is 15.7. The highest BCUT2D eigenvalue weighted by atomic mass is 32.1. The molecule has 0 aliphatic carbocycles. The molecule has 1 unspecified atom stereocenters. The van der Waals surface area contributed by atoms with Crippen molar-refractivity contribution < 1.29 is 9.53 Å². The number of benzene rings is 2. The van der Waals surface area contributed by atoms with Crippen molar-refractivity contribution >= 4 is 32.6 Å². The van der Waals surface area contributed by atoms with Gasteiger partial charge in [-0.3, -0.25) is 10.1 Å². The van der Waals surface area contributed by atoms with Gasteiger partial charge in [-0.15, -0.1) is 6.58 Å². The number of carbonyl (C=O) groups is 1. The van der Waals surface area contributed by atoms with Gasteiger partial charge in [-0.25, -0.2) is 4.98 Å². The summed E-state index contributed by atoms with van der Waals surface area (Å²) in [5.41, 5.74) is 3.21. The fourth-order valence-corrected chi connectivity index (χ4v) is 3.73. The second-order valence-electron chi connectivity index (χ2n) is 6.49. The molecule has 1 amide bonds. The van der Waals surface area contributed by atoms with E-state index in [1.165, 1.54) is 16.9 Å². The number of nitrogens with zero attached hydrogens (tertiary/aromatic N) is 1. The lowest BCUT2D eigenvalue weighted by Crippen LogP contribution is -2.20. The Balaban J connectivity index is 1.65. The molecule has 27 heavy (non-hydrogen) atoms. The number of allylic oxidation sites excluding steroid dienone is 1. The number of nitrogens with one attached hydrogen (secondary N) is 1. The Morgan fingerprint density at radius 1 is 1.33 bits per heavy atom. The Hall–Kier alpha value is -2.66. The molecule has 2 aromatic carbocycles. The van der Waals surface area contributed by atoms with Crippen molar-refractivity contribution in [3.63, 3.8) is 0 Å². The molecule has 0 radical (unpaired) electrons. The topological polar surface area (TPSA) is 51.2 Å². The van der Waals surface area contributed by atoms with E-state index in [2.05, 4.69) is 42.9 Å². The van der Waals surface area contributed by atoms with Crippen molar-refractivity contribution in [1.82, 2.24) is 4.98 Å². The molecule has 0 bridgehead atoms. The second-order valence-corrected chi connectivity index (χ2v) is 7.52. The van der Waals surface area contributed by atoms with Gasteiger partial charge in [0.1, 0.15) is 5.75 Å². The highest BCUT2D eigenvalue weighted by Crippen LogP contribution is 2.30. The first-order valence-electron chi connectivity index (χ1n) is 9.12. The third-order valence-corrected chi connectivity index (χ3v) is 5.47. The molecular formula is C22H24N2O2S. The molecule has 1 heterocycles. The first-order chi connectivity index (χ1) is 13.1. The van der Waals surface area contributed by atoms with Gasteiger partial charge < -0.3 is 4.74 Å². The van der Waals surface area contributed by atoms with Crippen LogP contribution in [0.3, 0.4) is 0 Å². The number of amides is 1. The van der Waals surface area contributed by atoms with Crippen molar-refractivity contribution in [3.05, 3.63) is 66.2 Å². The number of carbonyl (C=O) groups excluding carboxylic acids is 1. The van der Waals surface area contributed by atoms with Gasteiger partial charge in [-0.1, -0.05) is 55.5 Å². The predicted molar refractivity (Wildman–Crippen MR) is 113 cm³/mol. The molecule has 140 valence electrons. The molecule has 3 rings (SSSR count). The molecule has 0 saturated carbocycles. The molecule has 0 fully saturated rings. The van der Waals surface area contributed by atoms with Crippen molar-refractivity contribution in [2.45, 2.75) is 32.6 Å². The lowest BCUT2D eigenvalue weighted by atomic mass is 9.99. The Morgan fingerprint density at radius 3 is 2.93 bits per heavy atom. The molecule has 1 aromatic heterocycles. The zero-order valence-corrected chi connectivity index (χ0v) is 16.5. The number of ether oxygens (including phenoxy) is 1. The van der Waals surface area contributed by atoms with Crippen LogP contribution in [0.1, 0.15) is 37.3 Å². The number of para-hydroxylation sites is 1. The van der Waals surface area contributed by atoms with Gasteiger partial charge in [0, 0.05) is 0 Å². The number of hydrogen-bond acceptors (Lipinski definition) is 4. The average Bonchev–Trinajstić information content (AvgIpc) is 3.08. The Bertz CT molecular complexity index is 948. The van der Waals surface area contributed by atoms with Crippen LogP contribution in [-0.4, -0.2) is 17.5 Å². The summed E-state index contributed by atoms with van der Waals surface area (Å²) in [7, 11) is 0. The molecular weight excluding hydrogens is 356 g/mol. The molecule has 0 spiro atoms. The highest BCUT2D eigenvalue weighted by Gasteiger charge is 2.11. The average molecular weight is 381 g/mol. The van der Waals surface area contributed by atoms with E-state index >= 15 is 0 Å². The maximum absolute atomic E-state index is 12.3. The van der Waals surface area contributed by atoms with E-state index in [1.807, 2.05) is 36.4 Å². The molecule has 4 nitrogen and oxygen atoms in total. The van der Waals surface area contributed by atoms with E-state index in [1.54, 1.807) is 0 Å². The van der Waals surface area contributed by atoms with Crippen LogP contribution in [0.25, 0.3) is 10.2 Å². The van der Waals surface area contributed by atoms with Gasteiger partial charge in [0.25, 0.3) is 5.91 Å². The summed E-state index contributed by atoms with van der Waals surface area (Å²) in [6, 6.07) is 14.0. The van der Waals surface area contributed by atoms with Crippen LogP contribution < -0.4 is 10.1 Å². The minimum absolute atomic E-state index is 0.0534. The Morgan fingerprint density at radius 2 is 2.15 bits per heavy atom. The molecule has 1 atom stereocenters. The van der Waals surface area contributed by atoms with Crippen LogP contribution in [0.5, 0.6) is 5.75 Å². The van der Waals surface area contributed by atoms with E-state index < -0.39 is 0 Å². The van der Waals surface area contributed by atoms with Crippen LogP contribution in [0, 0.1) is 0 Å². The number of thiazole rings is 1. The van der Waals surface area contributed by atoms with Gasteiger partial charge in [0.05, 0.1) is 10.2 Å². The van der Waals surface area contributed by atoms with E-state index in [9.17, 15) is 4.79 Å². The zero-order chi connectivity index (χ0) is 19.2. The maximum Gasteiger partial charge on any atom is 0.264 e. The van der Waals surface area contributed by atoms with Gasteiger partial charge in [-0.05, 0) is 48.1 Å². The van der Waals surface area contributed by atoms with E-state index in [0.717, 1.165) is 22.2 Å². The van der Waals surface area contributed by atoms with E-state index in [-0.39, 0.29) is 12.5 Å². The highest BCUT2D eigenvalue weighted by molar-refractivity contribution is 7.22. The monoisotopic (exact) mass is 380 g/mol. The minimum atomic E-state index is -0.218. The first kappa shape index (κ1) is 19.1. The predicted octanol–water partition coefficient (Wildman–Crippen LogP) is 5.56. The van der Waals surface area contributed by atoms with E-state index in [0.29, 0.717) is 23.2 Å². The van der Waals surface area contributed by atoms with Crippen LogP contribution in [-0.2, 0) is 11.2 Å².